The van der Waals surface area contributed by atoms with Crippen molar-refractivity contribution in [2.24, 2.45) is 0 Å². The minimum Gasteiger partial charge on any atom is -0.480 e. The Labute approximate surface area is 92.7 Å². The largest absolute Gasteiger partial charge is 0.480 e. The van der Waals surface area contributed by atoms with Crippen molar-refractivity contribution >= 4 is 5.69 Å². The normalized spacial score (nSPS) is 10.1. The average Bonchev–Trinajstić information content (AvgIpc) is 2.29. The molecule has 0 unspecified atom stereocenters. The van der Waals surface area contributed by atoms with Crippen LogP contribution in [0.2, 0.25) is 0 Å². The lowest BCUT2D eigenvalue weighted by atomic mass is 10.1. The predicted octanol–water partition coefficient (Wildman–Crippen LogP) is 2.48. The SMILES string of the molecule is COc1ncc(-c2ccccc2F)cc1N. The van der Waals surface area contributed by atoms with Crippen molar-refractivity contribution in [2.75, 3.05) is 12.8 Å². The molecule has 0 aliphatic rings. The Hall–Kier alpha value is -2.10. The molecule has 0 bridgehead atoms. The molecular formula is C12H11FN2O. The topological polar surface area (TPSA) is 48.1 Å². The molecule has 0 aliphatic carbocycles. The Kier molecular flexibility index (Phi) is 2.72. The summed E-state index contributed by atoms with van der Waals surface area (Å²) in [7, 11) is 1.49. The van der Waals surface area contributed by atoms with Gasteiger partial charge in [0.2, 0.25) is 5.88 Å². The number of nitrogens with two attached hydrogens (primary N) is 1. The smallest absolute Gasteiger partial charge is 0.236 e. The number of ether oxygens (including phenoxy) is 1. The number of nitrogen functional groups attached to an aromatic ring is 1. The molecule has 0 saturated heterocycles. The molecule has 2 aromatic rings. The van der Waals surface area contributed by atoms with Gasteiger partial charge in [-0.2, -0.15) is 0 Å². The van der Waals surface area contributed by atoms with E-state index in [0.29, 0.717) is 22.7 Å². The Morgan fingerprint density at radius 3 is 2.69 bits per heavy atom. The summed E-state index contributed by atoms with van der Waals surface area (Å²) >= 11 is 0. The molecule has 2 rings (SSSR count). The second-order valence-corrected chi connectivity index (χ2v) is 3.30. The van der Waals surface area contributed by atoms with Gasteiger partial charge < -0.3 is 10.5 Å². The number of nitrogens with zero attached hydrogens (tertiary/aromatic N) is 1. The number of hydrogen-bond acceptors (Lipinski definition) is 3. The fraction of sp³-hybridized carbons (Fsp3) is 0.0833. The van der Waals surface area contributed by atoms with Gasteiger partial charge in [-0.05, 0) is 12.1 Å². The van der Waals surface area contributed by atoms with Crippen LogP contribution in [0.4, 0.5) is 10.1 Å². The van der Waals surface area contributed by atoms with Crippen molar-refractivity contribution in [3.8, 4) is 17.0 Å². The minimum atomic E-state index is -0.297. The third-order valence-corrected chi connectivity index (χ3v) is 2.26. The molecule has 4 heteroatoms. The Bertz CT molecular complexity index is 514. The van der Waals surface area contributed by atoms with Gasteiger partial charge >= 0.3 is 0 Å². The first-order chi connectivity index (χ1) is 7.72. The van der Waals surface area contributed by atoms with Crippen LogP contribution in [-0.2, 0) is 0 Å². The van der Waals surface area contributed by atoms with Crippen LogP contribution < -0.4 is 10.5 Å². The fourth-order valence-corrected chi connectivity index (χ4v) is 1.48. The van der Waals surface area contributed by atoms with Crippen molar-refractivity contribution in [3.63, 3.8) is 0 Å². The highest BCUT2D eigenvalue weighted by molar-refractivity contribution is 5.68. The van der Waals surface area contributed by atoms with Crippen LogP contribution in [-0.4, -0.2) is 12.1 Å². The quantitative estimate of drug-likeness (QED) is 0.842. The average molecular weight is 218 g/mol. The van der Waals surface area contributed by atoms with Gasteiger partial charge in [-0.25, -0.2) is 9.37 Å². The maximum absolute atomic E-state index is 13.5. The number of methoxy groups -OCH3 is 1. The highest BCUT2D eigenvalue weighted by Gasteiger charge is 2.07. The predicted molar refractivity (Wildman–Crippen MR) is 60.6 cm³/mol. The van der Waals surface area contributed by atoms with Crippen molar-refractivity contribution in [1.82, 2.24) is 4.98 Å². The van der Waals surface area contributed by atoms with Gasteiger partial charge in [0.1, 0.15) is 5.82 Å². The number of benzene rings is 1. The summed E-state index contributed by atoms with van der Waals surface area (Å²) in [5, 5.41) is 0. The molecule has 1 heterocycles. The first-order valence-corrected chi connectivity index (χ1v) is 4.77. The van der Waals surface area contributed by atoms with Gasteiger partial charge in [-0.3, -0.25) is 0 Å². The van der Waals surface area contributed by atoms with E-state index in [0.717, 1.165) is 0 Å². The lowest BCUT2D eigenvalue weighted by Gasteiger charge is -2.06. The summed E-state index contributed by atoms with van der Waals surface area (Å²) in [5.74, 6) is 0.0500. The molecule has 3 nitrogen and oxygen atoms in total. The third kappa shape index (κ3) is 1.82. The molecule has 0 amide bonds. The summed E-state index contributed by atoms with van der Waals surface area (Å²) in [5.41, 5.74) is 7.21. The summed E-state index contributed by atoms with van der Waals surface area (Å²) in [4.78, 5) is 4.00. The lowest BCUT2D eigenvalue weighted by Crippen LogP contribution is -1.96. The number of halogens is 1. The Morgan fingerprint density at radius 2 is 2.06 bits per heavy atom. The summed E-state index contributed by atoms with van der Waals surface area (Å²) in [6.07, 6.45) is 1.54. The number of hydrogen-bond donors (Lipinski definition) is 1. The number of pyridine rings is 1. The van der Waals surface area contributed by atoms with Crippen LogP contribution in [0, 0.1) is 5.82 Å². The number of aromatic nitrogens is 1. The number of rotatable bonds is 2. The van der Waals surface area contributed by atoms with Crippen LogP contribution in [0.15, 0.2) is 36.5 Å². The summed E-state index contributed by atoms with van der Waals surface area (Å²) < 4.78 is 18.4. The zero-order valence-electron chi connectivity index (χ0n) is 8.77. The van der Waals surface area contributed by atoms with E-state index in [2.05, 4.69) is 4.98 Å². The second kappa shape index (κ2) is 4.18. The Morgan fingerprint density at radius 1 is 1.31 bits per heavy atom. The molecule has 0 spiro atoms. The molecular weight excluding hydrogens is 207 g/mol. The van der Waals surface area contributed by atoms with Gasteiger partial charge in [-0.1, -0.05) is 18.2 Å². The van der Waals surface area contributed by atoms with E-state index in [4.69, 9.17) is 10.5 Å². The van der Waals surface area contributed by atoms with Crippen molar-refractivity contribution < 1.29 is 9.13 Å². The van der Waals surface area contributed by atoms with Gasteiger partial charge in [0.25, 0.3) is 0 Å². The van der Waals surface area contributed by atoms with Crippen LogP contribution in [0.1, 0.15) is 0 Å². The first kappa shape index (κ1) is 10.4. The van der Waals surface area contributed by atoms with E-state index >= 15 is 0 Å². The maximum Gasteiger partial charge on any atom is 0.236 e. The minimum absolute atomic E-state index is 0.297. The molecule has 2 N–H and O–H groups in total. The van der Waals surface area contributed by atoms with E-state index in [1.54, 1.807) is 24.3 Å². The Balaban J connectivity index is 2.50. The third-order valence-electron chi connectivity index (χ3n) is 2.26. The molecule has 1 aromatic carbocycles. The molecule has 0 radical (unpaired) electrons. The summed E-state index contributed by atoms with van der Waals surface area (Å²) in [6.45, 7) is 0. The van der Waals surface area contributed by atoms with E-state index < -0.39 is 0 Å². The highest BCUT2D eigenvalue weighted by Crippen LogP contribution is 2.27. The zero-order valence-corrected chi connectivity index (χ0v) is 8.77. The molecule has 82 valence electrons. The molecule has 1 aromatic heterocycles. The van der Waals surface area contributed by atoms with E-state index in [9.17, 15) is 4.39 Å². The van der Waals surface area contributed by atoms with E-state index in [-0.39, 0.29) is 5.82 Å². The molecule has 0 atom stereocenters. The maximum atomic E-state index is 13.5. The van der Waals surface area contributed by atoms with E-state index in [1.165, 1.54) is 19.4 Å². The highest BCUT2D eigenvalue weighted by atomic mass is 19.1. The van der Waals surface area contributed by atoms with Crippen LogP contribution in [0.3, 0.4) is 0 Å². The fourth-order valence-electron chi connectivity index (χ4n) is 1.48. The van der Waals surface area contributed by atoms with E-state index in [1.807, 2.05) is 0 Å². The monoisotopic (exact) mass is 218 g/mol. The zero-order chi connectivity index (χ0) is 11.5. The molecule has 0 saturated carbocycles. The van der Waals surface area contributed by atoms with Crippen molar-refractivity contribution in [1.29, 1.82) is 0 Å². The van der Waals surface area contributed by atoms with Gasteiger partial charge in [0.15, 0.2) is 0 Å². The first-order valence-electron chi connectivity index (χ1n) is 4.77. The van der Waals surface area contributed by atoms with Crippen LogP contribution >= 0.6 is 0 Å². The van der Waals surface area contributed by atoms with Crippen molar-refractivity contribution in [3.05, 3.63) is 42.3 Å². The second-order valence-electron chi connectivity index (χ2n) is 3.30. The van der Waals surface area contributed by atoms with Gasteiger partial charge in [-0.15, -0.1) is 0 Å². The molecule has 0 fully saturated rings. The van der Waals surface area contributed by atoms with Crippen LogP contribution in [0.5, 0.6) is 5.88 Å². The standard InChI is InChI=1S/C12H11FN2O/c1-16-12-11(14)6-8(7-15-12)9-4-2-3-5-10(9)13/h2-7H,14H2,1H3. The molecule has 16 heavy (non-hydrogen) atoms. The lowest BCUT2D eigenvalue weighted by molar-refractivity contribution is 0.400. The van der Waals surface area contributed by atoms with Gasteiger partial charge in [0, 0.05) is 17.3 Å². The molecule has 0 aliphatic heterocycles. The van der Waals surface area contributed by atoms with Crippen molar-refractivity contribution in [2.45, 2.75) is 0 Å². The summed E-state index contributed by atoms with van der Waals surface area (Å²) in [6, 6.07) is 8.12. The number of anilines is 1. The van der Waals surface area contributed by atoms with Crippen LogP contribution in [0.25, 0.3) is 11.1 Å². The van der Waals surface area contributed by atoms with Gasteiger partial charge in [0.05, 0.1) is 12.8 Å².